The number of hydrazone groups is 1. The van der Waals surface area contributed by atoms with Gasteiger partial charge in [0, 0.05) is 24.4 Å². The van der Waals surface area contributed by atoms with Gasteiger partial charge in [-0.1, -0.05) is 12.2 Å². The highest BCUT2D eigenvalue weighted by Crippen LogP contribution is 2.07. The molecule has 2 heterocycles. The first kappa shape index (κ1) is 7.36. The molecule has 2 rings (SSSR count). The quantitative estimate of drug-likeness (QED) is 0.653. The molecule has 0 saturated carbocycles. The summed E-state index contributed by atoms with van der Waals surface area (Å²) in [5.74, 6) is 0. The third kappa shape index (κ3) is 1.33. The minimum absolute atomic E-state index is 0.735. The van der Waals surface area contributed by atoms with Gasteiger partial charge in [-0.25, -0.2) is 0 Å². The van der Waals surface area contributed by atoms with E-state index in [4.69, 9.17) is 12.2 Å². The van der Waals surface area contributed by atoms with E-state index in [1.54, 1.807) is 12.4 Å². The molecule has 0 aliphatic carbocycles. The van der Waals surface area contributed by atoms with E-state index in [1.807, 2.05) is 12.1 Å². The molecule has 1 aromatic rings. The van der Waals surface area contributed by atoms with E-state index in [0.717, 1.165) is 22.7 Å². The fourth-order valence-electron chi connectivity index (χ4n) is 1.07. The summed E-state index contributed by atoms with van der Waals surface area (Å²) in [7, 11) is 0. The van der Waals surface area contributed by atoms with Crippen molar-refractivity contribution in [2.24, 2.45) is 5.10 Å². The van der Waals surface area contributed by atoms with Crippen molar-refractivity contribution in [1.82, 2.24) is 10.4 Å². The lowest BCUT2D eigenvalue weighted by Gasteiger charge is -1.95. The van der Waals surface area contributed by atoms with Crippen LogP contribution >= 0.6 is 12.2 Å². The summed E-state index contributed by atoms with van der Waals surface area (Å²) in [6.07, 6.45) is 4.23. The van der Waals surface area contributed by atoms with Crippen LogP contribution in [-0.2, 0) is 0 Å². The molecule has 1 aliphatic heterocycles. The predicted molar refractivity (Wildman–Crippen MR) is 51.1 cm³/mol. The van der Waals surface area contributed by atoms with Gasteiger partial charge in [0.25, 0.3) is 0 Å². The molecule has 1 aromatic heterocycles. The van der Waals surface area contributed by atoms with Crippen LogP contribution in [0.1, 0.15) is 12.0 Å². The molecule has 12 heavy (non-hydrogen) atoms. The van der Waals surface area contributed by atoms with Crippen molar-refractivity contribution in [3.05, 3.63) is 30.1 Å². The molecule has 60 valence electrons. The Morgan fingerprint density at radius 1 is 1.33 bits per heavy atom. The molecule has 0 saturated heterocycles. The van der Waals surface area contributed by atoms with Crippen LogP contribution in [0.25, 0.3) is 0 Å². The maximum absolute atomic E-state index is 4.95. The van der Waals surface area contributed by atoms with E-state index in [1.165, 1.54) is 0 Å². The van der Waals surface area contributed by atoms with Crippen molar-refractivity contribution >= 4 is 22.9 Å². The largest absolute Gasteiger partial charge is 0.271 e. The first-order chi connectivity index (χ1) is 5.86. The molecule has 0 aromatic carbocycles. The number of hydrogen-bond acceptors (Lipinski definition) is 3. The molecule has 3 nitrogen and oxygen atoms in total. The second-order valence-corrected chi connectivity index (χ2v) is 3.00. The summed E-state index contributed by atoms with van der Waals surface area (Å²) >= 11 is 4.95. The van der Waals surface area contributed by atoms with Crippen molar-refractivity contribution in [1.29, 1.82) is 0 Å². The Bertz CT molecular complexity index is 331. The molecule has 0 fully saturated rings. The average molecular weight is 177 g/mol. The van der Waals surface area contributed by atoms with Gasteiger partial charge in [-0.05, 0) is 12.1 Å². The van der Waals surface area contributed by atoms with Crippen LogP contribution in [0.4, 0.5) is 0 Å². The highest BCUT2D eigenvalue weighted by molar-refractivity contribution is 7.80. The topological polar surface area (TPSA) is 37.3 Å². The number of nitrogens with one attached hydrogen (secondary N) is 1. The summed E-state index contributed by atoms with van der Waals surface area (Å²) < 4.78 is 0. The normalized spacial score (nSPS) is 15.7. The standard InChI is InChI=1S/C8H7N3S/c12-8-5-7(10-11-8)6-1-3-9-4-2-6/h1-4H,5H2,(H,11,12). The first-order valence-corrected chi connectivity index (χ1v) is 4.03. The van der Waals surface area contributed by atoms with Crippen LogP contribution in [0.15, 0.2) is 29.6 Å². The van der Waals surface area contributed by atoms with Crippen LogP contribution in [0.5, 0.6) is 0 Å². The van der Waals surface area contributed by atoms with Gasteiger partial charge in [0.15, 0.2) is 0 Å². The van der Waals surface area contributed by atoms with E-state index in [2.05, 4.69) is 15.5 Å². The van der Waals surface area contributed by atoms with Crippen molar-refractivity contribution in [2.45, 2.75) is 6.42 Å². The molecule has 0 atom stereocenters. The van der Waals surface area contributed by atoms with E-state index in [0.29, 0.717) is 0 Å². The smallest absolute Gasteiger partial charge is 0.102 e. The molecule has 1 N–H and O–H groups in total. The van der Waals surface area contributed by atoms with Gasteiger partial charge in [0.1, 0.15) is 4.99 Å². The van der Waals surface area contributed by atoms with Gasteiger partial charge >= 0.3 is 0 Å². The Balaban J connectivity index is 2.28. The predicted octanol–water partition coefficient (Wildman–Crippen LogP) is 1.11. The van der Waals surface area contributed by atoms with Gasteiger partial charge in [-0.15, -0.1) is 0 Å². The number of thiocarbonyl (C=S) groups is 1. The molecule has 0 unspecified atom stereocenters. The maximum atomic E-state index is 4.95. The van der Waals surface area contributed by atoms with Gasteiger partial charge in [-0.3, -0.25) is 10.4 Å². The summed E-state index contributed by atoms with van der Waals surface area (Å²) in [5, 5.41) is 4.08. The Morgan fingerprint density at radius 3 is 2.67 bits per heavy atom. The zero-order valence-electron chi connectivity index (χ0n) is 6.32. The summed E-state index contributed by atoms with van der Waals surface area (Å²) in [6, 6.07) is 3.85. The van der Waals surface area contributed by atoms with E-state index < -0.39 is 0 Å². The second kappa shape index (κ2) is 2.98. The van der Waals surface area contributed by atoms with Crippen molar-refractivity contribution in [3.8, 4) is 0 Å². The Morgan fingerprint density at radius 2 is 2.08 bits per heavy atom. The van der Waals surface area contributed by atoms with E-state index in [9.17, 15) is 0 Å². The Kier molecular flexibility index (Phi) is 1.83. The Hall–Kier alpha value is -1.29. The molecular formula is C8H7N3S. The first-order valence-electron chi connectivity index (χ1n) is 3.62. The van der Waals surface area contributed by atoms with Gasteiger partial charge < -0.3 is 0 Å². The summed E-state index contributed by atoms with van der Waals surface area (Å²) in [6.45, 7) is 0. The lowest BCUT2D eigenvalue weighted by Crippen LogP contribution is -2.06. The highest BCUT2D eigenvalue weighted by Gasteiger charge is 2.12. The van der Waals surface area contributed by atoms with Gasteiger partial charge in [0.05, 0.1) is 5.71 Å². The van der Waals surface area contributed by atoms with Crippen molar-refractivity contribution in [3.63, 3.8) is 0 Å². The fraction of sp³-hybridized carbons (Fsp3) is 0.125. The maximum Gasteiger partial charge on any atom is 0.102 e. The third-order valence-corrected chi connectivity index (χ3v) is 1.89. The summed E-state index contributed by atoms with van der Waals surface area (Å²) in [5.41, 5.74) is 4.84. The lowest BCUT2D eigenvalue weighted by molar-refractivity contribution is 1.07. The third-order valence-electron chi connectivity index (χ3n) is 1.66. The Labute approximate surface area is 75.5 Å². The van der Waals surface area contributed by atoms with Crippen LogP contribution in [-0.4, -0.2) is 15.7 Å². The van der Waals surface area contributed by atoms with Crippen LogP contribution in [0, 0.1) is 0 Å². The van der Waals surface area contributed by atoms with Crippen molar-refractivity contribution < 1.29 is 0 Å². The average Bonchev–Trinajstić information content (AvgIpc) is 2.54. The van der Waals surface area contributed by atoms with Crippen molar-refractivity contribution in [2.75, 3.05) is 0 Å². The number of nitrogens with zero attached hydrogens (tertiary/aromatic N) is 2. The monoisotopic (exact) mass is 177 g/mol. The molecule has 0 amide bonds. The second-order valence-electron chi connectivity index (χ2n) is 2.51. The van der Waals surface area contributed by atoms with E-state index in [-0.39, 0.29) is 0 Å². The van der Waals surface area contributed by atoms with Gasteiger partial charge in [-0.2, -0.15) is 5.10 Å². The lowest BCUT2D eigenvalue weighted by atomic mass is 10.1. The number of rotatable bonds is 1. The van der Waals surface area contributed by atoms with E-state index >= 15 is 0 Å². The number of hydrogen-bond donors (Lipinski definition) is 1. The van der Waals surface area contributed by atoms with Crippen LogP contribution in [0.3, 0.4) is 0 Å². The fourth-order valence-corrected chi connectivity index (χ4v) is 1.25. The van der Waals surface area contributed by atoms with Crippen LogP contribution < -0.4 is 5.43 Å². The SMILES string of the molecule is S=C1CC(c2ccncc2)=NN1. The molecule has 0 bridgehead atoms. The number of aromatic nitrogens is 1. The molecule has 4 heteroatoms. The number of pyridine rings is 1. The zero-order valence-corrected chi connectivity index (χ0v) is 7.14. The zero-order chi connectivity index (χ0) is 8.39. The molecule has 1 aliphatic rings. The van der Waals surface area contributed by atoms with Crippen LogP contribution in [0.2, 0.25) is 0 Å². The summed E-state index contributed by atoms with van der Waals surface area (Å²) in [4.78, 5) is 4.71. The van der Waals surface area contributed by atoms with Gasteiger partial charge in [0.2, 0.25) is 0 Å². The highest BCUT2D eigenvalue weighted by atomic mass is 32.1. The minimum Gasteiger partial charge on any atom is -0.271 e. The molecular weight excluding hydrogens is 170 g/mol. The molecule has 0 spiro atoms. The molecule has 0 radical (unpaired) electrons. The minimum atomic E-state index is 0.735.